The maximum Gasteiger partial charge on any atom is 0.406 e. The summed E-state index contributed by atoms with van der Waals surface area (Å²) in [5.41, 5.74) is -2.24. The van der Waals surface area contributed by atoms with E-state index in [9.17, 15) is 46.6 Å². The molecule has 0 spiro atoms. The third kappa shape index (κ3) is 6.21. The molecule has 2 aromatic rings. The molecule has 0 aromatic heterocycles. The molecular weight excluding hydrogens is 447 g/mol. The summed E-state index contributed by atoms with van der Waals surface area (Å²) in [5.74, 6) is -1.39. The van der Waals surface area contributed by atoms with Crippen LogP contribution in [0, 0.1) is 20.2 Å². The van der Waals surface area contributed by atoms with Crippen LogP contribution in [0.1, 0.15) is 15.9 Å². The molecule has 0 heterocycles. The molecule has 0 radical (unpaired) electrons. The van der Waals surface area contributed by atoms with Gasteiger partial charge in [0.2, 0.25) is 0 Å². The highest BCUT2D eigenvalue weighted by molar-refractivity contribution is 7.90. The van der Waals surface area contributed by atoms with Crippen LogP contribution in [0.25, 0.3) is 0 Å². The number of non-ortho nitro benzene ring substituents is 1. The number of carbonyl (C=O) groups is 1. The minimum atomic E-state index is -4.90. The molecule has 2 aromatic carbocycles. The summed E-state index contributed by atoms with van der Waals surface area (Å²) in [6.45, 7) is -2.67. The Morgan fingerprint density at radius 3 is 2.19 bits per heavy atom. The average Bonchev–Trinajstić information content (AvgIpc) is 2.65. The number of amides is 1. The van der Waals surface area contributed by atoms with Crippen molar-refractivity contribution in [3.05, 3.63) is 73.8 Å². The summed E-state index contributed by atoms with van der Waals surface area (Å²) in [4.78, 5) is 32.8. The van der Waals surface area contributed by atoms with Crippen molar-refractivity contribution in [2.24, 2.45) is 0 Å². The first-order chi connectivity index (χ1) is 14.2. The lowest BCUT2D eigenvalue weighted by molar-refractivity contribution is -0.385. The lowest BCUT2D eigenvalue weighted by atomic mass is 10.1. The summed E-state index contributed by atoms with van der Waals surface area (Å²) in [7, 11) is -4.04. The van der Waals surface area contributed by atoms with Crippen LogP contribution in [0.5, 0.6) is 0 Å². The third-order valence-corrected chi connectivity index (χ3v) is 5.08. The number of alkyl halides is 3. The fraction of sp³-hybridized carbons (Fsp3) is 0.235. The predicted octanol–water partition coefficient (Wildman–Crippen LogP) is 3.11. The second-order valence-electron chi connectivity index (χ2n) is 6.41. The molecule has 0 aliphatic rings. The number of nitro groups is 2. The zero-order chi connectivity index (χ0) is 23.6. The van der Waals surface area contributed by atoms with Crippen molar-refractivity contribution in [2.45, 2.75) is 17.6 Å². The van der Waals surface area contributed by atoms with E-state index in [0.29, 0.717) is 24.5 Å². The number of hydrogen-bond acceptors (Lipinski definition) is 7. The lowest BCUT2D eigenvalue weighted by Gasteiger charge is -2.24. The highest BCUT2D eigenvalue weighted by atomic mass is 32.2. The van der Waals surface area contributed by atoms with E-state index >= 15 is 0 Å². The normalized spacial score (nSPS) is 11.7. The molecule has 2 rings (SSSR count). The van der Waals surface area contributed by atoms with Crippen LogP contribution in [0.2, 0.25) is 0 Å². The number of benzene rings is 2. The Balaban J connectivity index is 2.58. The number of carbonyl (C=O) groups excluding carboxylic acids is 1. The Hall–Kier alpha value is -3.55. The highest BCUT2D eigenvalue weighted by Crippen LogP contribution is 2.27. The molecule has 14 heteroatoms. The van der Waals surface area contributed by atoms with Crippen LogP contribution in [-0.2, 0) is 16.4 Å². The number of halogens is 3. The largest absolute Gasteiger partial charge is 0.406 e. The molecule has 1 amide bonds. The molecule has 166 valence electrons. The fourth-order valence-corrected chi connectivity index (χ4v) is 3.33. The highest BCUT2D eigenvalue weighted by Gasteiger charge is 2.35. The standard InChI is InChI=1S/C17H14F3N3O7S/c1-31(29,30)14-7-12(6-13(8-14)22(25)26)16(24)21(10-17(18,19)20)9-11-4-2-3-5-15(11)23(27)28/h2-8H,9-10H2,1H3. The number of rotatable bonds is 7. The monoisotopic (exact) mass is 461 g/mol. The number of nitro benzene ring substituents is 2. The van der Waals surface area contributed by atoms with Gasteiger partial charge in [0, 0.05) is 35.6 Å². The van der Waals surface area contributed by atoms with E-state index in [-0.39, 0.29) is 10.5 Å². The molecule has 0 saturated carbocycles. The third-order valence-electron chi connectivity index (χ3n) is 3.98. The van der Waals surface area contributed by atoms with E-state index in [2.05, 4.69) is 0 Å². The van der Waals surface area contributed by atoms with Gasteiger partial charge in [-0.2, -0.15) is 13.2 Å². The molecule has 10 nitrogen and oxygen atoms in total. The average molecular weight is 461 g/mol. The maximum absolute atomic E-state index is 13.1. The molecule has 0 N–H and O–H groups in total. The number of hydrogen-bond donors (Lipinski definition) is 0. The minimum absolute atomic E-state index is 0.202. The SMILES string of the molecule is CS(=O)(=O)c1cc(C(=O)N(Cc2ccccc2[N+](=O)[O-])CC(F)(F)F)cc([N+](=O)[O-])c1. The molecule has 0 unspecified atom stereocenters. The Kier molecular flexibility index (Phi) is 6.64. The van der Waals surface area contributed by atoms with Gasteiger partial charge >= 0.3 is 6.18 Å². The van der Waals surface area contributed by atoms with Gasteiger partial charge in [0.1, 0.15) is 6.54 Å². The smallest absolute Gasteiger partial charge is 0.325 e. The lowest BCUT2D eigenvalue weighted by Crippen LogP contribution is -2.38. The van der Waals surface area contributed by atoms with Crippen molar-refractivity contribution in [2.75, 3.05) is 12.8 Å². The van der Waals surface area contributed by atoms with Crippen molar-refractivity contribution in [3.8, 4) is 0 Å². The van der Waals surface area contributed by atoms with Gasteiger partial charge in [-0.05, 0) is 6.07 Å². The van der Waals surface area contributed by atoms with Crippen LogP contribution in [-0.4, -0.2) is 48.0 Å². The van der Waals surface area contributed by atoms with Crippen LogP contribution in [0.3, 0.4) is 0 Å². The fourth-order valence-electron chi connectivity index (χ4n) is 2.65. The first kappa shape index (κ1) is 23.7. The van der Waals surface area contributed by atoms with Crippen molar-refractivity contribution in [3.63, 3.8) is 0 Å². The van der Waals surface area contributed by atoms with Crippen LogP contribution in [0.15, 0.2) is 47.4 Å². The minimum Gasteiger partial charge on any atom is -0.325 e. The quantitative estimate of drug-likeness (QED) is 0.456. The van der Waals surface area contributed by atoms with E-state index < -0.39 is 66.7 Å². The second-order valence-corrected chi connectivity index (χ2v) is 8.42. The number of nitrogens with zero attached hydrogens (tertiary/aromatic N) is 3. The van der Waals surface area contributed by atoms with E-state index in [1.165, 1.54) is 12.1 Å². The van der Waals surface area contributed by atoms with Crippen molar-refractivity contribution < 1.29 is 36.2 Å². The number of para-hydroxylation sites is 1. The summed E-state index contributed by atoms with van der Waals surface area (Å²) in [6.07, 6.45) is -4.19. The molecule has 0 aliphatic heterocycles. The first-order valence-corrected chi connectivity index (χ1v) is 10.2. The van der Waals surface area contributed by atoms with Gasteiger partial charge in [0.05, 0.1) is 21.3 Å². The van der Waals surface area contributed by atoms with Gasteiger partial charge in [0.25, 0.3) is 17.3 Å². The van der Waals surface area contributed by atoms with Crippen LogP contribution in [0.4, 0.5) is 24.5 Å². The summed E-state index contributed by atoms with van der Waals surface area (Å²) in [5, 5.41) is 22.2. The van der Waals surface area contributed by atoms with Crippen molar-refractivity contribution >= 4 is 27.1 Å². The molecule has 31 heavy (non-hydrogen) atoms. The molecule has 0 aliphatic carbocycles. The van der Waals surface area contributed by atoms with Crippen molar-refractivity contribution in [1.82, 2.24) is 4.90 Å². The summed E-state index contributed by atoms with van der Waals surface area (Å²) < 4.78 is 62.8. The Labute approximate surface area is 173 Å². The molecular formula is C17H14F3N3O7S. The molecule has 0 fully saturated rings. The van der Waals surface area contributed by atoms with E-state index in [1.54, 1.807) is 0 Å². The Morgan fingerprint density at radius 1 is 1.06 bits per heavy atom. The zero-order valence-corrected chi connectivity index (χ0v) is 16.5. The van der Waals surface area contributed by atoms with E-state index in [4.69, 9.17) is 0 Å². The summed E-state index contributed by atoms with van der Waals surface area (Å²) in [6, 6.07) is 6.84. The van der Waals surface area contributed by atoms with Gasteiger partial charge in [-0.1, -0.05) is 18.2 Å². The van der Waals surface area contributed by atoms with E-state index in [0.717, 1.165) is 12.1 Å². The number of sulfone groups is 1. The zero-order valence-electron chi connectivity index (χ0n) is 15.7. The van der Waals surface area contributed by atoms with Gasteiger partial charge in [-0.25, -0.2) is 8.42 Å². The van der Waals surface area contributed by atoms with Crippen LogP contribution < -0.4 is 0 Å². The van der Waals surface area contributed by atoms with Crippen LogP contribution >= 0.6 is 0 Å². The maximum atomic E-state index is 13.1. The molecule has 0 atom stereocenters. The van der Waals surface area contributed by atoms with Gasteiger partial charge in [0.15, 0.2) is 9.84 Å². The molecule has 0 bridgehead atoms. The molecule has 0 saturated heterocycles. The van der Waals surface area contributed by atoms with Gasteiger partial charge in [-0.3, -0.25) is 25.0 Å². The summed E-state index contributed by atoms with van der Waals surface area (Å²) >= 11 is 0. The first-order valence-electron chi connectivity index (χ1n) is 8.27. The second kappa shape index (κ2) is 8.67. The Morgan fingerprint density at radius 2 is 1.68 bits per heavy atom. The predicted molar refractivity (Wildman–Crippen MR) is 100 cm³/mol. The Bertz CT molecular complexity index is 1150. The van der Waals surface area contributed by atoms with Gasteiger partial charge in [-0.15, -0.1) is 0 Å². The topological polar surface area (TPSA) is 141 Å². The van der Waals surface area contributed by atoms with E-state index in [1.807, 2.05) is 0 Å². The van der Waals surface area contributed by atoms with Gasteiger partial charge < -0.3 is 4.90 Å². The van der Waals surface area contributed by atoms with Crippen molar-refractivity contribution in [1.29, 1.82) is 0 Å².